The molecule has 0 aliphatic carbocycles. The van der Waals surface area contributed by atoms with Gasteiger partial charge in [0.1, 0.15) is 5.84 Å². The second-order valence-corrected chi connectivity index (χ2v) is 6.39. The fraction of sp³-hybridized carbons (Fsp3) is 0.208. The number of nitrogens with one attached hydrogen (secondary N) is 3. The molecule has 0 spiro atoms. The van der Waals surface area contributed by atoms with Gasteiger partial charge in [-0.2, -0.15) is 0 Å². The number of hydrogen-bond acceptors (Lipinski definition) is 4. The summed E-state index contributed by atoms with van der Waals surface area (Å²) in [5.74, 6) is 0.366. The summed E-state index contributed by atoms with van der Waals surface area (Å²) >= 11 is 0. The Morgan fingerprint density at radius 3 is 2.45 bits per heavy atom. The van der Waals surface area contributed by atoms with Crippen molar-refractivity contribution in [1.29, 1.82) is 10.8 Å². The van der Waals surface area contributed by atoms with Crippen LogP contribution in [0.1, 0.15) is 43.9 Å². The fourth-order valence-corrected chi connectivity index (χ4v) is 2.90. The number of aliphatic imine (C=N–C) groups is 1. The molecule has 0 radical (unpaired) electrons. The van der Waals surface area contributed by atoms with Crippen molar-refractivity contribution in [3.8, 4) is 0 Å². The first-order valence-corrected chi connectivity index (χ1v) is 9.80. The fourth-order valence-electron chi connectivity index (χ4n) is 2.90. The molecule has 5 N–H and O–H groups in total. The first kappa shape index (κ1) is 21.8. The summed E-state index contributed by atoms with van der Waals surface area (Å²) in [6, 6.07) is 15.0. The van der Waals surface area contributed by atoms with Gasteiger partial charge >= 0.3 is 0 Å². The number of allylic oxidation sites excluding steroid dienone is 2. The van der Waals surface area contributed by atoms with Crippen LogP contribution in [0.2, 0.25) is 0 Å². The molecule has 0 aromatic heterocycles. The van der Waals surface area contributed by atoms with Gasteiger partial charge in [-0.05, 0) is 42.5 Å². The Labute approximate surface area is 173 Å². The lowest BCUT2D eigenvalue weighted by atomic mass is 9.96. The third-order valence-corrected chi connectivity index (χ3v) is 4.34. The zero-order valence-electron chi connectivity index (χ0n) is 17.3. The van der Waals surface area contributed by atoms with E-state index in [-0.39, 0.29) is 0 Å². The van der Waals surface area contributed by atoms with E-state index in [9.17, 15) is 0 Å². The van der Waals surface area contributed by atoms with E-state index in [2.05, 4.69) is 16.4 Å². The summed E-state index contributed by atoms with van der Waals surface area (Å²) in [6.07, 6.45) is 6.52. The van der Waals surface area contributed by atoms with Gasteiger partial charge in [-0.3, -0.25) is 0 Å². The molecule has 0 saturated carbocycles. The van der Waals surface area contributed by atoms with Gasteiger partial charge in [0.15, 0.2) is 0 Å². The molecule has 0 fully saturated rings. The highest BCUT2D eigenvalue weighted by molar-refractivity contribution is 6.11. The van der Waals surface area contributed by atoms with Crippen molar-refractivity contribution < 1.29 is 0 Å². The summed E-state index contributed by atoms with van der Waals surface area (Å²) < 4.78 is 0. The van der Waals surface area contributed by atoms with Gasteiger partial charge < -0.3 is 21.9 Å². The van der Waals surface area contributed by atoms with E-state index in [1.807, 2.05) is 74.7 Å². The molecule has 3 rings (SSSR count). The molecule has 29 heavy (non-hydrogen) atoms. The molecular weight excluding hydrogens is 358 g/mol. The minimum atomic E-state index is 0.366. The molecule has 5 heteroatoms. The Kier molecular flexibility index (Phi) is 8.10. The Balaban J connectivity index is 0.00000145. The quantitative estimate of drug-likeness (QED) is 0.417. The van der Waals surface area contributed by atoms with Gasteiger partial charge in [0, 0.05) is 35.5 Å². The van der Waals surface area contributed by atoms with Crippen LogP contribution in [-0.2, 0) is 0 Å². The third kappa shape index (κ3) is 6.01. The van der Waals surface area contributed by atoms with E-state index in [1.54, 1.807) is 6.92 Å². The predicted molar refractivity (Wildman–Crippen MR) is 124 cm³/mol. The van der Waals surface area contributed by atoms with Gasteiger partial charge in [-0.1, -0.05) is 56.3 Å². The Morgan fingerprint density at radius 2 is 1.79 bits per heavy atom. The summed E-state index contributed by atoms with van der Waals surface area (Å²) in [5, 5.41) is 19.4. The number of nitrogens with two attached hydrogens (primary N) is 1. The SMILES string of the molecule is CC.CC(=N)c1cccc(N=C(N)c2ccccc2C(=N)CC2=CCNC=C2)c1. The smallest absolute Gasteiger partial charge is 0.132 e. The second kappa shape index (κ2) is 10.8. The van der Waals surface area contributed by atoms with Gasteiger partial charge in [0.25, 0.3) is 0 Å². The molecule has 1 aliphatic heterocycles. The van der Waals surface area contributed by atoms with Crippen LogP contribution in [-0.4, -0.2) is 23.8 Å². The number of benzene rings is 2. The Bertz CT molecular complexity index is 967. The summed E-state index contributed by atoms with van der Waals surface area (Å²) in [5.41, 5.74) is 11.4. The number of hydrogen-bond donors (Lipinski definition) is 4. The lowest BCUT2D eigenvalue weighted by Crippen LogP contribution is -2.18. The molecular formula is C24H29N5. The number of dihydropyridines is 1. The molecule has 1 heterocycles. The topological polar surface area (TPSA) is 98.1 Å². The average molecular weight is 388 g/mol. The number of amidine groups is 1. The Hall–Kier alpha value is -3.47. The van der Waals surface area contributed by atoms with Crippen molar-refractivity contribution >= 4 is 22.9 Å². The van der Waals surface area contributed by atoms with E-state index in [1.165, 1.54) is 0 Å². The molecule has 2 aromatic rings. The highest BCUT2D eigenvalue weighted by atomic mass is 14.9. The van der Waals surface area contributed by atoms with E-state index < -0.39 is 0 Å². The van der Waals surface area contributed by atoms with Crippen LogP contribution in [0.5, 0.6) is 0 Å². The minimum Gasteiger partial charge on any atom is -0.387 e. The van der Waals surface area contributed by atoms with Crippen LogP contribution in [0.25, 0.3) is 0 Å². The molecule has 1 aliphatic rings. The number of nitrogens with zero attached hydrogens (tertiary/aromatic N) is 1. The molecule has 0 atom stereocenters. The van der Waals surface area contributed by atoms with Crippen molar-refractivity contribution in [3.63, 3.8) is 0 Å². The maximum absolute atomic E-state index is 8.54. The monoisotopic (exact) mass is 387 g/mol. The van der Waals surface area contributed by atoms with Crippen LogP contribution in [0, 0.1) is 10.8 Å². The highest BCUT2D eigenvalue weighted by Crippen LogP contribution is 2.19. The zero-order chi connectivity index (χ0) is 21.2. The van der Waals surface area contributed by atoms with E-state index in [4.69, 9.17) is 16.6 Å². The minimum absolute atomic E-state index is 0.366. The van der Waals surface area contributed by atoms with Gasteiger partial charge in [-0.15, -0.1) is 0 Å². The molecule has 2 aromatic carbocycles. The number of rotatable bonds is 6. The van der Waals surface area contributed by atoms with Crippen molar-refractivity contribution in [3.05, 3.63) is 89.1 Å². The van der Waals surface area contributed by atoms with Crippen LogP contribution < -0.4 is 11.1 Å². The largest absolute Gasteiger partial charge is 0.387 e. The molecule has 0 unspecified atom stereocenters. The molecule has 0 bridgehead atoms. The van der Waals surface area contributed by atoms with Crippen LogP contribution in [0.4, 0.5) is 5.69 Å². The summed E-state index contributed by atoms with van der Waals surface area (Å²) in [6.45, 7) is 6.53. The van der Waals surface area contributed by atoms with E-state index in [0.717, 1.165) is 28.8 Å². The van der Waals surface area contributed by atoms with Crippen molar-refractivity contribution in [1.82, 2.24) is 5.32 Å². The molecule has 150 valence electrons. The van der Waals surface area contributed by atoms with Crippen molar-refractivity contribution in [2.45, 2.75) is 27.2 Å². The third-order valence-electron chi connectivity index (χ3n) is 4.34. The summed E-state index contributed by atoms with van der Waals surface area (Å²) in [4.78, 5) is 4.52. The molecule has 5 nitrogen and oxygen atoms in total. The van der Waals surface area contributed by atoms with Crippen LogP contribution >= 0.6 is 0 Å². The van der Waals surface area contributed by atoms with E-state index in [0.29, 0.717) is 29.4 Å². The van der Waals surface area contributed by atoms with Crippen molar-refractivity contribution in [2.24, 2.45) is 10.7 Å². The second-order valence-electron chi connectivity index (χ2n) is 6.39. The van der Waals surface area contributed by atoms with Gasteiger partial charge in [0.05, 0.1) is 5.69 Å². The standard InChI is InChI=1S/C22H23N5.C2H6/c1-15(23)17-5-4-6-18(14-17)27-22(25)20-8-3-2-7-19(20)21(24)13-16-9-11-26-12-10-16;1-2/h2-11,14,23-24,26H,12-13H2,1H3,(H2,25,27);1-2H3. The maximum atomic E-state index is 8.54. The maximum Gasteiger partial charge on any atom is 0.132 e. The van der Waals surface area contributed by atoms with Crippen LogP contribution in [0.3, 0.4) is 0 Å². The first-order chi connectivity index (χ1) is 14.0. The van der Waals surface area contributed by atoms with Gasteiger partial charge in [-0.25, -0.2) is 4.99 Å². The van der Waals surface area contributed by atoms with Gasteiger partial charge in [0.2, 0.25) is 0 Å². The average Bonchev–Trinajstić information content (AvgIpc) is 2.76. The normalized spacial score (nSPS) is 12.9. The lowest BCUT2D eigenvalue weighted by Gasteiger charge is -2.13. The lowest BCUT2D eigenvalue weighted by molar-refractivity contribution is 0.952. The van der Waals surface area contributed by atoms with E-state index >= 15 is 0 Å². The summed E-state index contributed by atoms with van der Waals surface area (Å²) in [7, 11) is 0. The van der Waals surface area contributed by atoms with Crippen LogP contribution in [0.15, 0.2) is 77.4 Å². The van der Waals surface area contributed by atoms with Crippen molar-refractivity contribution in [2.75, 3.05) is 6.54 Å². The highest BCUT2D eigenvalue weighted by Gasteiger charge is 2.12. The first-order valence-electron chi connectivity index (χ1n) is 9.80. The predicted octanol–water partition coefficient (Wildman–Crippen LogP) is 4.94. The zero-order valence-corrected chi connectivity index (χ0v) is 17.3. The molecule has 0 saturated heterocycles. The molecule has 0 amide bonds. The Morgan fingerprint density at radius 1 is 1.07 bits per heavy atom.